The van der Waals surface area contributed by atoms with Crippen molar-refractivity contribution in [1.29, 1.82) is 0 Å². The summed E-state index contributed by atoms with van der Waals surface area (Å²) in [5.74, 6) is -0.635. The summed E-state index contributed by atoms with van der Waals surface area (Å²) in [5, 5.41) is 7.46. The van der Waals surface area contributed by atoms with E-state index in [0.717, 1.165) is 14.3 Å². The zero-order valence-corrected chi connectivity index (χ0v) is 19.4. The second-order valence-corrected chi connectivity index (χ2v) is 8.63. The molecule has 0 aliphatic carbocycles. The molecule has 0 saturated heterocycles. The molecule has 5 rings (SSSR count). The smallest absolute Gasteiger partial charge is 0.257 e. The second-order valence-electron chi connectivity index (χ2n) is 7.47. The lowest BCUT2D eigenvalue weighted by Gasteiger charge is -2.23. The van der Waals surface area contributed by atoms with Gasteiger partial charge < -0.3 is 10.6 Å². The number of nitrogens with zero attached hydrogens (tertiary/aromatic N) is 2. The predicted octanol–water partition coefficient (Wildman–Crippen LogP) is 5.10. The first-order chi connectivity index (χ1) is 16.0. The maximum atomic E-state index is 13.0. The Hall–Kier alpha value is -3.79. The average Bonchev–Trinajstić information content (AvgIpc) is 2.94. The number of benzene rings is 3. The summed E-state index contributed by atoms with van der Waals surface area (Å²) >= 11 is 2.11. The van der Waals surface area contributed by atoms with Gasteiger partial charge >= 0.3 is 0 Å². The van der Waals surface area contributed by atoms with E-state index in [0.29, 0.717) is 28.4 Å². The lowest BCUT2D eigenvalue weighted by molar-refractivity contribution is -0.124. The van der Waals surface area contributed by atoms with Crippen LogP contribution in [-0.4, -0.2) is 22.7 Å². The Morgan fingerprint density at radius 3 is 2.55 bits per heavy atom. The summed E-state index contributed by atoms with van der Waals surface area (Å²) < 4.78 is 0.834. The largest absolute Gasteiger partial charge is 0.323 e. The monoisotopic (exact) mass is 548 g/mol. The van der Waals surface area contributed by atoms with Crippen molar-refractivity contribution in [2.45, 2.75) is 6.42 Å². The summed E-state index contributed by atoms with van der Waals surface area (Å²) in [4.78, 5) is 43.8. The fourth-order valence-corrected chi connectivity index (χ4v) is 4.45. The van der Waals surface area contributed by atoms with Gasteiger partial charge in [0.2, 0.25) is 11.8 Å². The van der Waals surface area contributed by atoms with Crippen LogP contribution in [0.4, 0.5) is 22.9 Å². The molecule has 1 aliphatic heterocycles. The maximum absolute atomic E-state index is 13.0. The van der Waals surface area contributed by atoms with Gasteiger partial charge in [0.1, 0.15) is 12.2 Å². The fraction of sp³-hybridized carbons (Fsp3) is 0.0400. The standard InChI is InChI=1S/C25H17IN4O3/c26-19-8-4-3-7-18(19)25(33)28-21-12-10-16(14-27-21)30-20-11-9-15-5-1-2-6-17(15)24(20)29-22(31)13-23(30)32/h1-12,14H,13H2,(H,29,31)(H,27,28,33). The highest BCUT2D eigenvalue weighted by molar-refractivity contribution is 14.1. The molecule has 7 nitrogen and oxygen atoms in total. The number of hydrogen-bond donors (Lipinski definition) is 2. The minimum absolute atomic E-state index is 0.266. The molecule has 33 heavy (non-hydrogen) atoms. The Bertz CT molecular complexity index is 1420. The van der Waals surface area contributed by atoms with Gasteiger partial charge in [-0.3, -0.25) is 19.3 Å². The second kappa shape index (κ2) is 8.62. The summed E-state index contributed by atoms with van der Waals surface area (Å²) in [5.41, 5.74) is 2.21. The normalized spacial score (nSPS) is 13.3. The van der Waals surface area contributed by atoms with Gasteiger partial charge in [0, 0.05) is 8.96 Å². The predicted molar refractivity (Wildman–Crippen MR) is 136 cm³/mol. The molecule has 2 N–H and O–H groups in total. The molecule has 0 radical (unpaired) electrons. The zero-order chi connectivity index (χ0) is 22.9. The van der Waals surface area contributed by atoms with Crippen LogP contribution in [0.25, 0.3) is 10.8 Å². The van der Waals surface area contributed by atoms with E-state index in [9.17, 15) is 14.4 Å². The van der Waals surface area contributed by atoms with E-state index in [2.05, 4.69) is 38.2 Å². The van der Waals surface area contributed by atoms with Crippen molar-refractivity contribution >= 4 is 74.0 Å². The number of carbonyl (C=O) groups excluding carboxylic acids is 3. The molecule has 0 unspecified atom stereocenters. The van der Waals surface area contributed by atoms with Crippen molar-refractivity contribution in [2.24, 2.45) is 0 Å². The zero-order valence-electron chi connectivity index (χ0n) is 17.2. The highest BCUT2D eigenvalue weighted by atomic mass is 127. The third-order valence-corrected chi connectivity index (χ3v) is 6.28. The SMILES string of the molecule is O=C1CC(=O)N(c2ccc(NC(=O)c3ccccc3I)nc2)c2ccc3ccccc3c2N1. The molecule has 1 aliphatic rings. The van der Waals surface area contributed by atoms with Crippen molar-refractivity contribution in [3.8, 4) is 0 Å². The first kappa shape index (κ1) is 21.1. The van der Waals surface area contributed by atoms with Crippen molar-refractivity contribution in [3.63, 3.8) is 0 Å². The molecular formula is C25H17IN4O3. The topological polar surface area (TPSA) is 91.4 Å². The molecule has 0 bridgehead atoms. The highest BCUT2D eigenvalue weighted by Crippen LogP contribution is 2.39. The van der Waals surface area contributed by atoms with Crippen LogP contribution in [0.5, 0.6) is 0 Å². The summed E-state index contributed by atoms with van der Waals surface area (Å²) in [6, 6.07) is 22.0. The van der Waals surface area contributed by atoms with E-state index in [-0.39, 0.29) is 24.1 Å². The Morgan fingerprint density at radius 2 is 1.76 bits per heavy atom. The number of hydrogen-bond acceptors (Lipinski definition) is 4. The molecule has 3 amide bonds. The van der Waals surface area contributed by atoms with Crippen LogP contribution in [0.1, 0.15) is 16.8 Å². The minimum Gasteiger partial charge on any atom is -0.323 e. The molecule has 3 aromatic carbocycles. The molecule has 2 heterocycles. The van der Waals surface area contributed by atoms with Crippen molar-refractivity contribution in [2.75, 3.05) is 15.5 Å². The van der Waals surface area contributed by atoms with Crippen LogP contribution >= 0.6 is 22.6 Å². The molecule has 0 fully saturated rings. The van der Waals surface area contributed by atoms with E-state index < -0.39 is 0 Å². The third-order valence-electron chi connectivity index (χ3n) is 5.34. The molecule has 8 heteroatoms. The third kappa shape index (κ3) is 4.05. The molecule has 1 aromatic heterocycles. The molecule has 0 atom stereocenters. The first-order valence-electron chi connectivity index (χ1n) is 10.2. The van der Waals surface area contributed by atoms with E-state index >= 15 is 0 Å². The summed E-state index contributed by atoms with van der Waals surface area (Å²) in [7, 11) is 0. The van der Waals surface area contributed by atoms with Crippen LogP contribution in [0.2, 0.25) is 0 Å². The van der Waals surface area contributed by atoms with Crippen LogP contribution in [0, 0.1) is 3.57 Å². The number of pyridine rings is 1. The van der Waals surface area contributed by atoms with Crippen molar-refractivity contribution in [3.05, 3.63) is 88.1 Å². The quantitative estimate of drug-likeness (QED) is 0.276. The number of aromatic nitrogens is 1. The molecule has 162 valence electrons. The van der Waals surface area contributed by atoms with E-state index in [4.69, 9.17) is 0 Å². The Kier molecular flexibility index (Phi) is 5.51. The van der Waals surface area contributed by atoms with E-state index in [1.165, 1.54) is 11.1 Å². The molecule has 4 aromatic rings. The maximum Gasteiger partial charge on any atom is 0.257 e. The van der Waals surface area contributed by atoms with Gasteiger partial charge in [0.05, 0.1) is 28.8 Å². The molecule has 0 saturated carbocycles. The summed E-state index contributed by atoms with van der Waals surface area (Å²) in [6.45, 7) is 0. The van der Waals surface area contributed by atoms with Gasteiger partial charge in [-0.25, -0.2) is 4.98 Å². The van der Waals surface area contributed by atoms with Gasteiger partial charge in [-0.05, 0) is 58.3 Å². The lowest BCUT2D eigenvalue weighted by Crippen LogP contribution is -2.26. The van der Waals surface area contributed by atoms with Gasteiger partial charge in [0.25, 0.3) is 5.91 Å². The van der Waals surface area contributed by atoms with Crippen molar-refractivity contribution in [1.82, 2.24) is 4.98 Å². The number of fused-ring (bicyclic) bond motifs is 3. The van der Waals surface area contributed by atoms with E-state index in [1.807, 2.05) is 48.5 Å². The number of amides is 3. The number of halogens is 1. The van der Waals surface area contributed by atoms with E-state index in [1.54, 1.807) is 24.3 Å². The number of rotatable bonds is 3. The Labute approximate surface area is 203 Å². The highest BCUT2D eigenvalue weighted by Gasteiger charge is 2.29. The number of anilines is 4. The van der Waals surface area contributed by atoms with Crippen LogP contribution < -0.4 is 15.5 Å². The number of carbonyl (C=O) groups is 3. The summed E-state index contributed by atoms with van der Waals surface area (Å²) in [6.07, 6.45) is 1.23. The van der Waals surface area contributed by atoms with Gasteiger partial charge in [0.15, 0.2) is 0 Å². The Morgan fingerprint density at radius 1 is 0.970 bits per heavy atom. The first-order valence-corrected chi connectivity index (χ1v) is 11.3. The van der Waals surface area contributed by atoms with Gasteiger partial charge in [-0.15, -0.1) is 0 Å². The van der Waals surface area contributed by atoms with Crippen LogP contribution in [-0.2, 0) is 9.59 Å². The Balaban J connectivity index is 1.50. The van der Waals surface area contributed by atoms with Crippen molar-refractivity contribution < 1.29 is 14.4 Å². The lowest BCUT2D eigenvalue weighted by atomic mass is 10.1. The van der Waals surface area contributed by atoms with Crippen LogP contribution in [0.3, 0.4) is 0 Å². The van der Waals surface area contributed by atoms with Crippen LogP contribution in [0.15, 0.2) is 79.0 Å². The molecular weight excluding hydrogens is 531 g/mol. The minimum atomic E-state index is -0.366. The fourth-order valence-electron chi connectivity index (χ4n) is 3.82. The molecule has 0 spiro atoms. The number of nitrogens with one attached hydrogen (secondary N) is 2. The average molecular weight is 548 g/mol. The van der Waals surface area contributed by atoms with Gasteiger partial charge in [-0.1, -0.05) is 42.5 Å². The van der Waals surface area contributed by atoms with Gasteiger partial charge in [-0.2, -0.15) is 0 Å².